The van der Waals surface area contributed by atoms with Crippen LogP contribution in [0.15, 0.2) is 54.6 Å². The van der Waals surface area contributed by atoms with Gasteiger partial charge in [-0.15, -0.1) is 11.8 Å². The van der Waals surface area contributed by atoms with Crippen molar-refractivity contribution < 1.29 is 9.53 Å². The topological polar surface area (TPSA) is 38.3 Å². The van der Waals surface area contributed by atoms with Gasteiger partial charge < -0.3 is 10.1 Å². The summed E-state index contributed by atoms with van der Waals surface area (Å²) in [7, 11) is 1.60. The maximum absolute atomic E-state index is 12.4. The molecule has 2 aromatic rings. The van der Waals surface area contributed by atoms with E-state index in [0.29, 0.717) is 11.4 Å². The highest BCUT2D eigenvalue weighted by Gasteiger charge is 2.19. The number of hydrogen-bond donors (Lipinski definition) is 1. The average Bonchev–Trinajstić information content (AvgIpc) is 2.56. The van der Waals surface area contributed by atoms with E-state index in [2.05, 4.69) is 24.4 Å². The lowest BCUT2D eigenvalue weighted by Crippen LogP contribution is -2.23. The number of benzene rings is 2. The Kier molecular flexibility index (Phi) is 5.90. The first-order valence-electron chi connectivity index (χ1n) is 7.26. The molecule has 0 spiro atoms. The molecule has 2 aromatic carbocycles. The van der Waals surface area contributed by atoms with E-state index >= 15 is 0 Å². The van der Waals surface area contributed by atoms with Crippen molar-refractivity contribution in [1.29, 1.82) is 0 Å². The number of anilines is 1. The minimum absolute atomic E-state index is 0.0164. The summed E-state index contributed by atoms with van der Waals surface area (Å²) in [6, 6.07) is 17.6. The number of nitrogens with one attached hydrogen (secondary N) is 1. The molecule has 2 rings (SSSR count). The minimum atomic E-state index is -0.153. The maximum Gasteiger partial charge on any atom is 0.237 e. The standard InChI is InChI=1S/C18H21NO2S/c1-13(15-9-5-4-6-10-15)22-14(2)18(20)19-16-11-7-8-12-17(16)21-3/h4-14H,1-3H3,(H,19,20). The number of carbonyl (C=O) groups excluding carboxylic acids is 1. The lowest BCUT2D eigenvalue weighted by molar-refractivity contribution is -0.115. The number of rotatable bonds is 6. The van der Waals surface area contributed by atoms with E-state index in [1.165, 1.54) is 5.56 Å². The number of carbonyl (C=O) groups is 1. The molecule has 0 bridgehead atoms. The van der Waals surface area contributed by atoms with E-state index in [1.807, 2.05) is 49.4 Å². The second kappa shape index (κ2) is 7.90. The molecule has 0 aromatic heterocycles. The van der Waals surface area contributed by atoms with Gasteiger partial charge in [0.25, 0.3) is 0 Å². The molecule has 1 N–H and O–H groups in total. The molecule has 0 fully saturated rings. The second-order valence-corrected chi connectivity index (χ2v) is 6.71. The van der Waals surface area contributed by atoms with Crippen LogP contribution in [0.1, 0.15) is 24.7 Å². The number of amides is 1. The van der Waals surface area contributed by atoms with Gasteiger partial charge in [-0.3, -0.25) is 4.79 Å². The molecule has 4 heteroatoms. The van der Waals surface area contributed by atoms with E-state index in [4.69, 9.17) is 4.74 Å². The monoisotopic (exact) mass is 315 g/mol. The number of thioether (sulfide) groups is 1. The average molecular weight is 315 g/mol. The van der Waals surface area contributed by atoms with Crippen LogP contribution in [0.4, 0.5) is 5.69 Å². The van der Waals surface area contributed by atoms with Crippen molar-refractivity contribution in [2.45, 2.75) is 24.3 Å². The van der Waals surface area contributed by atoms with Crippen molar-refractivity contribution >= 4 is 23.4 Å². The quantitative estimate of drug-likeness (QED) is 0.852. The minimum Gasteiger partial charge on any atom is -0.495 e. The molecule has 0 radical (unpaired) electrons. The molecule has 0 saturated heterocycles. The third-order valence-corrected chi connectivity index (χ3v) is 4.71. The van der Waals surface area contributed by atoms with Crippen molar-refractivity contribution in [2.75, 3.05) is 12.4 Å². The lowest BCUT2D eigenvalue weighted by atomic mass is 10.2. The predicted molar refractivity (Wildman–Crippen MR) is 93.5 cm³/mol. The first-order chi connectivity index (χ1) is 10.6. The van der Waals surface area contributed by atoms with Gasteiger partial charge in [-0.05, 0) is 31.5 Å². The molecule has 0 saturated carbocycles. The van der Waals surface area contributed by atoms with Crippen LogP contribution in [0.25, 0.3) is 0 Å². The fraction of sp³-hybridized carbons (Fsp3) is 0.278. The van der Waals surface area contributed by atoms with Crippen LogP contribution in [-0.2, 0) is 4.79 Å². The van der Waals surface area contributed by atoms with Crippen molar-refractivity contribution in [3.8, 4) is 5.75 Å². The first kappa shape index (κ1) is 16.4. The second-order valence-electron chi connectivity index (χ2n) is 5.02. The van der Waals surface area contributed by atoms with Crippen LogP contribution in [0.2, 0.25) is 0 Å². The molecule has 0 aliphatic rings. The van der Waals surface area contributed by atoms with Gasteiger partial charge in [0.1, 0.15) is 5.75 Å². The van der Waals surface area contributed by atoms with Crippen molar-refractivity contribution in [2.24, 2.45) is 0 Å². The Labute approximate surface area is 136 Å². The zero-order valence-corrected chi connectivity index (χ0v) is 13.9. The highest BCUT2D eigenvalue weighted by atomic mass is 32.2. The Morgan fingerprint density at radius 3 is 2.36 bits per heavy atom. The molecule has 1 amide bonds. The fourth-order valence-electron chi connectivity index (χ4n) is 2.15. The third kappa shape index (κ3) is 4.28. The number of ether oxygens (including phenoxy) is 1. The zero-order chi connectivity index (χ0) is 15.9. The molecule has 116 valence electrons. The Morgan fingerprint density at radius 2 is 1.68 bits per heavy atom. The zero-order valence-electron chi connectivity index (χ0n) is 13.1. The molecule has 3 nitrogen and oxygen atoms in total. The molecule has 2 atom stereocenters. The summed E-state index contributed by atoms with van der Waals surface area (Å²) in [5.74, 6) is 0.654. The molecular formula is C18H21NO2S. The molecule has 0 heterocycles. The Balaban J connectivity index is 1.97. The van der Waals surface area contributed by atoms with Gasteiger partial charge in [0.15, 0.2) is 0 Å². The van der Waals surface area contributed by atoms with Gasteiger partial charge >= 0.3 is 0 Å². The van der Waals surface area contributed by atoms with Gasteiger partial charge in [0, 0.05) is 5.25 Å². The summed E-state index contributed by atoms with van der Waals surface area (Å²) < 4.78 is 5.25. The molecule has 2 unspecified atom stereocenters. The third-order valence-electron chi connectivity index (χ3n) is 3.41. The Hall–Kier alpha value is -1.94. The first-order valence-corrected chi connectivity index (χ1v) is 8.20. The van der Waals surface area contributed by atoms with E-state index in [9.17, 15) is 4.79 Å². The van der Waals surface area contributed by atoms with E-state index in [1.54, 1.807) is 18.9 Å². The molecule has 0 aliphatic heterocycles. The molecular weight excluding hydrogens is 294 g/mol. The van der Waals surface area contributed by atoms with Crippen LogP contribution >= 0.6 is 11.8 Å². The number of hydrogen-bond acceptors (Lipinski definition) is 3. The van der Waals surface area contributed by atoms with Gasteiger partial charge in [0.05, 0.1) is 18.0 Å². The summed E-state index contributed by atoms with van der Waals surface area (Å²) in [6.07, 6.45) is 0. The van der Waals surface area contributed by atoms with Crippen LogP contribution in [0, 0.1) is 0 Å². The van der Waals surface area contributed by atoms with Crippen LogP contribution in [-0.4, -0.2) is 18.3 Å². The van der Waals surface area contributed by atoms with E-state index in [-0.39, 0.29) is 16.4 Å². The largest absolute Gasteiger partial charge is 0.495 e. The molecule has 0 aliphatic carbocycles. The normalized spacial score (nSPS) is 13.2. The maximum atomic E-state index is 12.4. The number of para-hydroxylation sites is 2. The van der Waals surface area contributed by atoms with Crippen LogP contribution in [0.5, 0.6) is 5.75 Å². The summed E-state index contributed by atoms with van der Waals surface area (Å²) >= 11 is 1.64. The van der Waals surface area contributed by atoms with Gasteiger partial charge in [-0.1, -0.05) is 42.5 Å². The summed E-state index contributed by atoms with van der Waals surface area (Å²) in [4.78, 5) is 12.4. The van der Waals surface area contributed by atoms with Gasteiger partial charge in [-0.2, -0.15) is 0 Å². The predicted octanol–water partition coefficient (Wildman–Crippen LogP) is 4.52. The summed E-state index contributed by atoms with van der Waals surface area (Å²) in [5, 5.41) is 3.04. The van der Waals surface area contributed by atoms with Crippen molar-refractivity contribution in [3.05, 3.63) is 60.2 Å². The number of methoxy groups -OCH3 is 1. The summed E-state index contributed by atoms with van der Waals surface area (Å²) in [5.41, 5.74) is 1.93. The van der Waals surface area contributed by atoms with Crippen LogP contribution in [0.3, 0.4) is 0 Å². The van der Waals surface area contributed by atoms with Crippen LogP contribution < -0.4 is 10.1 Å². The smallest absolute Gasteiger partial charge is 0.237 e. The lowest BCUT2D eigenvalue weighted by Gasteiger charge is -2.18. The van der Waals surface area contributed by atoms with E-state index in [0.717, 1.165) is 0 Å². The Bertz CT molecular complexity index is 615. The SMILES string of the molecule is COc1ccccc1NC(=O)C(C)SC(C)c1ccccc1. The fourth-order valence-corrected chi connectivity index (χ4v) is 3.26. The molecule has 22 heavy (non-hydrogen) atoms. The van der Waals surface area contributed by atoms with E-state index < -0.39 is 0 Å². The highest BCUT2D eigenvalue weighted by molar-refractivity contribution is 8.00. The van der Waals surface area contributed by atoms with Gasteiger partial charge in [0.2, 0.25) is 5.91 Å². The highest BCUT2D eigenvalue weighted by Crippen LogP contribution is 2.32. The Morgan fingerprint density at radius 1 is 1.05 bits per heavy atom. The van der Waals surface area contributed by atoms with Crippen molar-refractivity contribution in [1.82, 2.24) is 0 Å². The van der Waals surface area contributed by atoms with Gasteiger partial charge in [-0.25, -0.2) is 0 Å². The summed E-state index contributed by atoms with van der Waals surface area (Å²) in [6.45, 7) is 4.04. The van der Waals surface area contributed by atoms with Crippen molar-refractivity contribution in [3.63, 3.8) is 0 Å².